The Hall–Kier alpha value is -1.11. The summed E-state index contributed by atoms with van der Waals surface area (Å²) in [6, 6.07) is 4.32. The van der Waals surface area contributed by atoms with Crippen LogP contribution < -0.4 is 5.32 Å². The minimum atomic E-state index is -3.59. The second kappa shape index (κ2) is 7.85. The van der Waals surface area contributed by atoms with Gasteiger partial charge in [0.2, 0.25) is 10.0 Å². The highest BCUT2D eigenvalue weighted by molar-refractivity contribution is 7.89. The molecule has 1 aromatic rings. The van der Waals surface area contributed by atoms with Gasteiger partial charge in [0, 0.05) is 19.6 Å². The zero-order chi connectivity index (χ0) is 17.9. The molecular weight excluding hydrogens is 348 g/mol. The van der Waals surface area contributed by atoms with E-state index < -0.39 is 10.0 Å². The number of carbonyl (C=O) groups is 1. The SMILES string of the molecule is CC(C)CNC(=O)c1cc(S(=O)(=O)N2CCC(C)CC2)ccc1Cl. The first-order valence-corrected chi connectivity index (χ1v) is 10.1. The lowest BCUT2D eigenvalue weighted by Gasteiger charge is -2.29. The number of piperidine rings is 1. The van der Waals surface area contributed by atoms with E-state index in [0.29, 0.717) is 31.5 Å². The first kappa shape index (κ1) is 19.2. The van der Waals surface area contributed by atoms with Crippen LogP contribution in [0, 0.1) is 11.8 Å². The van der Waals surface area contributed by atoms with E-state index in [2.05, 4.69) is 12.2 Å². The van der Waals surface area contributed by atoms with Crippen molar-refractivity contribution in [2.24, 2.45) is 11.8 Å². The average Bonchev–Trinajstić information content (AvgIpc) is 2.53. The molecule has 1 aliphatic heterocycles. The van der Waals surface area contributed by atoms with E-state index >= 15 is 0 Å². The van der Waals surface area contributed by atoms with Crippen molar-refractivity contribution < 1.29 is 13.2 Å². The van der Waals surface area contributed by atoms with Crippen molar-refractivity contribution in [2.45, 2.75) is 38.5 Å². The minimum absolute atomic E-state index is 0.121. The van der Waals surface area contributed by atoms with Gasteiger partial charge in [0.1, 0.15) is 0 Å². The Kier molecular flexibility index (Phi) is 6.28. The Morgan fingerprint density at radius 2 is 1.96 bits per heavy atom. The average molecular weight is 373 g/mol. The van der Waals surface area contributed by atoms with Crippen LogP contribution >= 0.6 is 11.6 Å². The molecule has 24 heavy (non-hydrogen) atoms. The summed E-state index contributed by atoms with van der Waals surface area (Å²) in [5.74, 6) is 0.493. The smallest absolute Gasteiger partial charge is 0.252 e. The van der Waals surface area contributed by atoms with Crippen molar-refractivity contribution >= 4 is 27.5 Å². The van der Waals surface area contributed by atoms with Gasteiger partial charge in [-0.2, -0.15) is 4.31 Å². The molecule has 1 heterocycles. The van der Waals surface area contributed by atoms with Gasteiger partial charge < -0.3 is 5.32 Å². The Morgan fingerprint density at radius 1 is 1.33 bits per heavy atom. The maximum Gasteiger partial charge on any atom is 0.252 e. The molecule has 2 rings (SSSR count). The first-order chi connectivity index (χ1) is 11.2. The minimum Gasteiger partial charge on any atom is -0.352 e. The van der Waals surface area contributed by atoms with Crippen molar-refractivity contribution in [3.63, 3.8) is 0 Å². The molecule has 7 heteroatoms. The Balaban J connectivity index is 2.25. The highest BCUT2D eigenvalue weighted by Gasteiger charge is 2.29. The number of hydrogen-bond donors (Lipinski definition) is 1. The van der Waals surface area contributed by atoms with Crippen molar-refractivity contribution in [3.8, 4) is 0 Å². The van der Waals surface area contributed by atoms with Crippen LogP contribution in [0.1, 0.15) is 44.0 Å². The molecule has 0 saturated carbocycles. The van der Waals surface area contributed by atoms with Gasteiger partial charge in [0.05, 0.1) is 15.5 Å². The lowest BCUT2D eigenvalue weighted by molar-refractivity contribution is 0.0949. The monoisotopic (exact) mass is 372 g/mol. The number of rotatable bonds is 5. The number of sulfonamides is 1. The topological polar surface area (TPSA) is 66.5 Å². The molecule has 0 radical (unpaired) electrons. The summed E-state index contributed by atoms with van der Waals surface area (Å²) < 4.78 is 27.1. The van der Waals surface area contributed by atoms with E-state index in [1.165, 1.54) is 22.5 Å². The summed E-state index contributed by atoms with van der Waals surface area (Å²) in [5.41, 5.74) is 0.198. The number of benzene rings is 1. The van der Waals surface area contributed by atoms with E-state index in [0.717, 1.165) is 12.8 Å². The molecule has 1 aliphatic rings. The zero-order valence-corrected chi connectivity index (χ0v) is 16.0. The molecule has 1 N–H and O–H groups in total. The highest BCUT2D eigenvalue weighted by atomic mass is 35.5. The lowest BCUT2D eigenvalue weighted by atomic mass is 10.0. The van der Waals surface area contributed by atoms with Gasteiger partial charge in [-0.25, -0.2) is 8.42 Å². The van der Waals surface area contributed by atoms with Crippen LogP contribution in [0.5, 0.6) is 0 Å². The fourth-order valence-corrected chi connectivity index (χ4v) is 4.31. The summed E-state index contributed by atoms with van der Waals surface area (Å²) in [6.45, 7) is 7.64. The van der Waals surface area contributed by atoms with E-state index in [-0.39, 0.29) is 21.4 Å². The molecule has 0 bridgehead atoms. The van der Waals surface area contributed by atoms with Crippen LogP contribution in [-0.4, -0.2) is 38.3 Å². The molecule has 0 spiro atoms. The normalized spacial score (nSPS) is 17.2. The van der Waals surface area contributed by atoms with Crippen LogP contribution in [-0.2, 0) is 10.0 Å². The fraction of sp³-hybridized carbons (Fsp3) is 0.588. The van der Waals surface area contributed by atoms with Gasteiger partial charge in [-0.05, 0) is 42.9 Å². The molecule has 0 atom stereocenters. The summed E-state index contributed by atoms with van der Waals surface area (Å²) in [7, 11) is -3.59. The summed E-state index contributed by atoms with van der Waals surface area (Å²) in [4.78, 5) is 12.4. The molecule has 5 nitrogen and oxygen atoms in total. The molecule has 0 aliphatic carbocycles. The molecule has 1 fully saturated rings. The quantitative estimate of drug-likeness (QED) is 0.863. The molecule has 1 aromatic carbocycles. The van der Waals surface area contributed by atoms with Gasteiger partial charge in [-0.15, -0.1) is 0 Å². The van der Waals surface area contributed by atoms with E-state index in [4.69, 9.17) is 11.6 Å². The molecule has 0 aromatic heterocycles. The molecule has 1 saturated heterocycles. The van der Waals surface area contributed by atoms with Gasteiger partial charge in [-0.1, -0.05) is 32.4 Å². The number of halogens is 1. The zero-order valence-electron chi connectivity index (χ0n) is 14.4. The number of hydrogen-bond acceptors (Lipinski definition) is 3. The second-order valence-electron chi connectivity index (χ2n) is 6.83. The fourth-order valence-electron chi connectivity index (χ4n) is 2.61. The van der Waals surface area contributed by atoms with Gasteiger partial charge in [-0.3, -0.25) is 4.79 Å². The van der Waals surface area contributed by atoms with Crippen LogP contribution in [0.2, 0.25) is 5.02 Å². The number of amides is 1. The van der Waals surface area contributed by atoms with Crippen LogP contribution in [0.4, 0.5) is 0 Å². The maximum atomic E-state index is 12.8. The Labute approximate surface area is 149 Å². The largest absolute Gasteiger partial charge is 0.352 e. The van der Waals surface area contributed by atoms with Crippen molar-refractivity contribution in [2.75, 3.05) is 19.6 Å². The number of carbonyl (C=O) groups excluding carboxylic acids is 1. The number of nitrogens with one attached hydrogen (secondary N) is 1. The predicted octanol–water partition coefficient (Wildman–Crippen LogP) is 3.15. The molecule has 1 amide bonds. The second-order valence-corrected chi connectivity index (χ2v) is 9.18. The predicted molar refractivity (Wildman–Crippen MR) is 95.8 cm³/mol. The summed E-state index contributed by atoms with van der Waals surface area (Å²) >= 11 is 6.09. The van der Waals surface area contributed by atoms with E-state index in [9.17, 15) is 13.2 Å². The van der Waals surface area contributed by atoms with Gasteiger partial charge in [0.15, 0.2) is 0 Å². The molecule has 0 unspecified atom stereocenters. The van der Waals surface area contributed by atoms with Gasteiger partial charge >= 0.3 is 0 Å². The molecular formula is C17H25ClN2O3S. The van der Waals surface area contributed by atoms with E-state index in [1.807, 2.05) is 13.8 Å². The van der Waals surface area contributed by atoms with E-state index in [1.54, 1.807) is 0 Å². The van der Waals surface area contributed by atoms with Crippen LogP contribution in [0.25, 0.3) is 0 Å². The van der Waals surface area contributed by atoms with Crippen LogP contribution in [0.3, 0.4) is 0 Å². The lowest BCUT2D eigenvalue weighted by Crippen LogP contribution is -2.38. The van der Waals surface area contributed by atoms with Crippen LogP contribution in [0.15, 0.2) is 23.1 Å². The third-order valence-corrected chi connectivity index (χ3v) is 6.46. The third kappa shape index (κ3) is 4.49. The van der Waals surface area contributed by atoms with Crippen molar-refractivity contribution in [1.29, 1.82) is 0 Å². The Bertz CT molecular complexity index is 696. The maximum absolute atomic E-state index is 12.8. The highest BCUT2D eigenvalue weighted by Crippen LogP contribution is 2.26. The number of nitrogens with zero attached hydrogens (tertiary/aromatic N) is 1. The Morgan fingerprint density at radius 3 is 2.54 bits per heavy atom. The summed E-state index contributed by atoms with van der Waals surface area (Å²) in [6.07, 6.45) is 1.71. The third-order valence-electron chi connectivity index (χ3n) is 4.23. The summed E-state index contributed by atoms with van der Waals surface area (Å²) in [5, 5.41) is 3.02. The van der Waals surface area contributed by atoms with Gasteiger partial charge in [0.25, 0.3) is 5.91 Å². The standard InChI is InChI=1S/C17H25ClN2O3S/c1-12(2)11-19-17(21)15-10-14(4-5-16(15)18)24(22,23)20-8-6-13(3)7-9-20/h4-5,10,12-13H,6-9,11H2,1-3H3,(H,19,21). The van der Waals surface area contributed by atoms with Crippen molar-refractivity contribution in [1.82, 2.24) is 9.62 Å². The van der Waals surface area contributed by atoms with Crippen molar-refractivity contribution in [3.05, 3.63) is 28.8 Å². The molecule has 134 valence electrons. The first-order valence-electron chi connectivity index (χ1n) is 8.29.